The molecule has 6 heteroatoms. The predicted octanol–water partition coefficient (Wildman–Crippen LogP) is 1.97. The summed E-state index contributed by atoms with van der Waals surface area (Å²) < 4.78 is 5.11. The third kappa shape index (κ3) is 5.36. The molecule has 120 valence electrons. The average Bonchev–Trinajstić information content (AvgIpc) is 2.36. The molecule has 0 aromatic carbocycles. The molecule has 0 aromatic rings. The first kappa shape index (κ1) is 17.5. The van der Waals surface area contributed by atoms with Crippen molar-refractivity contribution in [2.24, 2.45) is 23.0 Å². The van der Waals surface area contributed by atoms with Crippen molar-refractivity contribution in [3.05, 3.63) is 0 Å². The highest BCUT2D eigenvalue weighted by atomic mass is 16.5. The Hall–Kier alpha value is -1.59. The Morgan fingerprint density at radius 1 is 1.14 bits per heavy atom. The molecule has 0 saturated heterocycles. The molecule has 1 fully saturated rings. The first-order valence-electron chi connectivity index (χ1n) is 7.42. The summed E-state index contributed by atoms with van der Waals surface area (Å²) in [4.78, 5) is 34.1. The Bertz CT molecular complexity index is 406. The largest absolute Gasteiger partial charge is 0.452 e. The minimum atomic E-state index is -1.01. The van der Waals surface area contributed by atoms with E-state index in [0.717, 1.165) is 25.7 Å². The minimum Gasteiger partial charge on any atom is -0.452 e. The molecule has 0 heterocycles. The second kappa shape index (κ2) is 6.91. The maximum absolute atomic E-state index is 12.0. The molecule has 1 unspecified atom stereocenters. The number of esters is 1. The number of rotatable bonds is 3. The normalized spacial score (nSPS) is 24.0. The lowest BCUT2D eigenvalue weighted by atomic mass is 9.70. The Labute approximate surface area is 125 Å². The molecule has 21 heavy (non-hydrogen) atoms. The molecule has 1 aliphatic carbocycles. The Morgan fingerprint density at radius 2 is 1.67 bits per heavy atom. The number of primary amides is 1. The standard InChI is InChI=1S/C15H26N2O4/c1-9(12(18)17-14(16)20)21-13(19)10-5-7-11(8-6-10)15(2,3)4/h9-11H,5-8H2,1-4H3,(H3,16,17,18,20). The van der Waals surface area contributed by atoms with Crippen LogP contribution in [0.1, 0.15) is 53.4 Å². The van der Waals surface area contributed by atoms with Crippen LogP contribution in [0, 0.1) is 17.3 Å². The van der Waals surface area contributed by atoms with Gasteiger partial charge in [0.2, 0.25) is 0 Å². The van der Waals surface area contributed by atoms with E-state index in [1.54, 1.807) is 0 Å². The summed E-state index contributed by atoms with van der Waals surface area (Å²) in [6, 6.07) is -0.950. The van der Waals surface area contributed by atoms with Gasteiger partial charge in [-0.05, 0) is 43.9 Å². The monoisotopic (exact) mass is 298 g/mol. The van der Waals surface area contributed by atoms with Crippen LogP contribution in [0.5, 0.6) is 0 Å². The van der Waals surface area contributed by atoms with Crippen molar-refractivity contribution in [1.29, 1.82) is 0 Å². The number of hydrogen-bond donors (Lipinski definition) is 2. The van der Waals surface area contributed by atoms with E-state index in [9.17, 15) is 14.4 Å². The van der Waals surface area contributed by atoms with Crippen molar-refractivity contribution in [2.45, 2.75) is 59.5 Å². The zero-order valence-electron chi connectivity index (χ0n) is 13.3. The highest BCUT2D eigenvalue weighted by molar-refractivity contribution is 5.96. The Morgan fingerprint density at radius 3 is 2.10 bits per heavy atom. The molecule has 0 bridgehead atoms. The number of nitrogens with two attached hydrogens (primary N) is 1. The van der Waals surface area contributed by atoms with Crippen molar-refractivity contribution in [1.82, 2.24) is 5.32 Å². The molecule has 1 atom stereocenters. The minimum absolute atomic E-state index is 0.160. The van der Waals surface area contributed by atoms with Gasteiger partial charge >= 0.3 is 12.0 Å². The van der Waals surface area contributed by atoms with Crippen LogP contribution in [-0.4, -0.2) is 24.0 Å². The highest BCUT2D eigenvalue weighted by Crippen LogP contribution is 2.40. The number of imide groups is 1. The van der Waals surface area contributed by atoms with E-state index in [4.69, 9.17) is 10.5 Å². The van der Waals surface area contributed by atoms with Gasteiger partial charge in [0, 0.05) is 0 Å². The van der Waals surface area contributed by atoms with Crippen LogP contribution in [0.2, 0.25) is 0 Å². The van der Waals surface area contributed by atoms with Gasteiger partial charge < -0.3 is 10.5 Å². The molecule has 3 N–H and O–H groups in total. The molecule has 1 saturated carbocycles. The zero-order valence-corrected chi connectivity index (χ0v) is 13.3. The lowest BCUT2D eigenvalue weighted by molar-refractivity contribution is -0.160. The van der Waals surface area contributed by atoms with E-state index >= 15 is 0 Å². The molecule has 0 aliphatic heterocycles. The lowest BCUT2D eigenvalue weighted by Crippen LogP contribution is -2.43. The van der Waals surface area contributed by atoms with Crippen LogP contribution in [-0.2, 0) is 14.3 Å². The van der Waals surface area contributed by atoms with Crippen molar-refractivity contribution in [3.63, 3.8) is 0 Å². The zero-order chi connectivity index (χ0) is 16.2. The quantitative estimate of drug-likeness (QED) is 0.778. The fourth-order valence-electron chi connectivity index (χ4n) is 2.74. The molecule has 6 nitrogen and oxygen atoms in total. The highest BCUT2D eigenvalue weighted by Gasteiger charge is 2.34. The van der Waals surface area contributed by atoms with Crippen LogP contribution in [0.3, 0.4) is 0 Å². The number of nitrogens with one attached hydrogen (secondary N) is 1. The van der Waals surface area contributed by atoms with Gasteiger partial charge in [-0.2, -0.15) is 0 Å². The van der Waals surface area contributed by atoms with E-state index < -0.39 is 18.0 Å². The number of urea groups is 1. The third-order valence-corrected chi connectivity index (χ3v) is 4.19. The van der Waals surface area contributed by atoms with E-state index in [1.807, 2.05) is 5.32 Å². The number of ether oxygens (including phenoxy) is 1. The van der Waals surface area contributed by atoms with Crippen LogP contribution < -0.4 is 11.1 Å². The van der Waals surface area contributed by atoms with Gasteiger partial charge in [-0.15, -0.1) is 0 Å². The van der Waals surface area contributed by atoms with E-state index in [1.165, 1.54) is 6.92 Å². The molecule has 0 spiro atoms. The molecule has 1 aliphatic rings. The molecule has 3 amide bonds. The van der Waals surface area contributed by atoms with Crippen molar-refractivity contribution < 1.29 is 19.1 Å². The second-order valence-electron chi connectivity index (χ2n) is 6.85. The summed E-state index contributed by atoms with van der Waals surface area (Å²) in [5, 5.41) is 1.90. The third-order valence-electron chi connectivity index (χ3n) is 4.19. The molecule has 0 aromatic heterocycles. The van der Waals surface area contributed by atoms with Gasteiger partial charge in [0.15, 0.2) is 6.10 Å². The van der Waals surface area contributed by atoms with E-state index in [2.05, 4.69) is 20.8 Å². The summed E-state index contributed by atoms with van der Waals surface area (Å²) in [7, 11) is 0. The van der Waals surface area contributed by atoms with Gasteiger partial charge in [-0.3, -0.25) is 14.9 Å². The Balaban J connectivity index is 2.44. The van der Waals surface area contributed by atoms with Crippen LogP contribution >= 0.6 is 0 Å². The maximum atomic E-state index is 12.0. The van der Waals surface area contributed by atoms with Crippen LogP contribution in [0.15, 0.2) is 0 Å². The van der Waals surface area contributed by atoms with Gasteiger partial charge in [0.05, 0.1) is 5.92 Å². The molecular formula is C15H26N2O4. The molecular weight excluding hydrogens is 272 g/mol. The van der Waals surface area contributed by atoms with Crippen molar-refractivity contribution in [3.8, 4) is 0 Å². The summed E-state index contributed by atoms with van der Waals surface area (Å²) in [6.07, 6.45) is 2.54. The van der Waals surface area contributed by atoms with Crippen molar-refractivity contribution in [2.75, 3.05) is 0 Å². The summed E-state index contributed by atoms with van der Waals surface area (Å²) in [5.74, 6) is -0.613. The van der Waals surface area contributed by atoms with Gasteiger partial charge in [0.25, 0.3) is 5.91 Å². The maximum Gasteiger partial charge on any atom is 0.318 e. The molecule has 0 radical (unpaired) electrons. The van der Waals surface area contributed by atoms with Gasteiger partial charge in [0.1, 0.15) is 0 Å². The predicted molar refractivity (Wildman–Crippen MR) is 78.2 cm³/mol. The summed E-state index contributed by atoms with van der Waals surface area (Å²) in [5.41, 5.74) is 5.10. The van der Waals surface area contributed by atoms with Crippen LogP contribution in [0.4, 0.5) is 4.79 Å². The van der Waals surface area contributed by atoms with E-state index in [0.29, 0.717) is 5.92 Å². The van der Waals surface area contributed by atoms with E-state index in [-0.39, 0.29) is 17.3 Å². The Kier molecular flexibility index (Phi) is 5.75. The smallest absolute Gasteiger partial charge is 0.318 e. The average molecular weight is 298 g/mol. The number of hydrogen-bond acceptors (Lipinski definition) is 4. The number of amides is 3. The fraction of sp³-hybridized carbons (Fsp3) is 0.800. The second-order valence-corrected chi connectivity index (χ2v) is 6.85. The van der Waals surface area contributed by atoms with Crippen molar-refractivity contribution >= 4 is 17.9 Å². The molecule has 1 rings (SSSR count). The lowest BCUT2D eigenvalue weighted by Gasteiger charge is -2.36. The summed E-state index contributed by atoms with van der Waals surface area (Å²) >= 11 is 0. The van der Waals surface area contributed by atoms with Gasteiger partial charge in [-0.1, -0.05) is 20.8 Å². The number of carbonyl (C=O) groups excluding carboxylic acids is 3. The first-order chi connectivity index (χ1) is 9.61. The first-order valence-corrected chi connectivity index (χ1v) is 7.42. The SMILES string of the molecule is CC(OC(=O)C1CCC(C(C)(C)C)CC1)C(=O)NC(N)=O. The topological polar surface area (TPSA) is 98.5 Å². The fourth-order valence-corrected chi connectivity index (χ4v) is 2.74. The number of carbonyl (C=O) groups is 3. The summed E-state index contributed by atoms with van der Waals surface area (Å²) in [6.45, 7) is 8.07. The van der Waals surface area contributed by atoms with Crippen LogP contribution in [0.25, 0.3) is 0 Å². The van der Waals surface area contributed by atoms with Gasteiger partial charge in [-0.25, -0.2) is 4.79 Å².